The summed E-state index contributed by atoms with van der Waals surface area (Å²) in [6, 6.07) is 0. The van der Waals surface area contributed by atoms with E-state index in [1.165, 1.54) is 18.3 Å². The number of aryl methyl sites for hydroxylation is 2. The zero-order chi connectivity index (χ0) is 22.1. The molecule has 1 aliphatic carbocycles. The number of carbonyl (C=O) groups is 2. The van der Waals surface area contributed by atoms with Gasteiger partial charge < -0.3 is 10.1 Å². The van der Waals surface area contributed by atoms with Crippen LogP contribution >= 0.6 is 22.9 Å². The lowest BCUT2D eigenvalue weighted by Gasteiger charge is -2.12. The molecule has 3 rings (SSSR count). The molecule has 0 saturated carbocycles. The van der Waals surface area contributed by atoms with Gasteiger partial charge in [0.05, 0.1) is 29.4 Å². The van der Waals surface area contributed by atoms with Crippen LogP contribution in [0.1, 0.15) is 58.4 Å². The summed E-state index contributed by atoms with van der Waals surface area (Å²) in [5, 5.41) is 6.18. The summed E-state index contributed by atoms with van der Waals surface area (Å²) >= 11 is 7.09. The van der Waals surface area contributed by atoms with Gasteiger partial charge in [-0.3, -0.25) is 9.48 Å². The molecule has 0 unspecified atom stereocenters. The van der Waals surface area contributed by atoms with Gasteiger partial charge in [-0.05, 0) is 45.1 Å². The van der Waals surface area contributed by atoms with Crippen molar-refractivity contribution in [1.29, 1.82) is 0 Å². The van der Waals surface area contributed by atoms with Crippen LogP contribution in [0.5, 0.6) is 0 Å². The van der Waals surface area contributed by atoms with E-state index in [4.69, 9.17) is 16.3 Å². The maximum absolute atomic E-state index is 12.9. The Hall–Kier alpha value is -2.07. The van der Waals surface area contributed by atoms with Crippen molar-refractivity contribution >= 4 is 39.8 Å². The molecule has 0 aromatic carbocycles. The van der Waals surface area contributed by atoms with Crippen LogP contribution in [0.2, 0.25) is 5.02 Å². The van der Waals surface area contributed by atoms with E-state index in [1.807, 2.05) is 0 Å². The van der Waals surface area contributed by atoms with Crippen LogP contribution in [-0.4, -0.2) is 28.3 Å². The van der Waals surface area contributed by atoms with Crippen molar-refractivity contribution in [3.05, 3.63) is 32.4 Å². The van der Waals surface area contributed by atoms with E-state index >= 15 is 0 Å². The predicted octanol–water partition coefficient (Wildman–Crippen LogP) is 5.01. The van der Waals surface area contributed by atoms with Gasteiger partial charge in [0, 0.05) is 11.3 Å². The highest BCUT2D eigenvalue weighted by molar-refractivity contribution is 7.17. The Morgan fingerprint density at radius 2 is 2.00 bits per heavy atom. The van der Waals surface area contributed by atoms with Crippen LogP contribution in [-0.2, 0) is 35.1 Å². The van der Waals surface area contributed by atoms with E-state index in [1.54, 1.807) is 6.92 Å². The zero-order valence-corrected chi connectivity index (χ0v) is 18.1. The van der Waals surface area contributed by atoms with Crippen molar-refractivity contribution < 1.29 is 27.5 Å². The maximum Gasteiger partial charge on any atom is 0.436 e. The summed E-state index contributed by atoms with van der Waals surface area (Å²) < 4.78 is 45.0. The summed E-state index contributed by atoms with van der Waals surface area (Å²) in [6.45, 7) is 3.27. The Morgan fingerprint density at radius 1 is 1.30 bits per heavy atom. The third kappa shape index (κ3) is 4.64. The Labute approximate surface area is 180 Å². The van der Waals surface area contributed by atoms with E-state index in [-0.39, 0.29) is 25.3 Å². The van der Waals surface area contributed by atoms with E-state index in [2.05, 4.69) is 10.4 Å². The molecule has 11 heteroatoms. The molecule has 30 heavy (non-hydrogen) atoms. The molecule has 6 nitrogen and oxygen atoms in total. The summed E-state index contributed by atoms with van der Waals surface area (Å²) in [5.74, 6) is -0.907. The monoisotopic (exact) mass is 463 g/mol. The SMILES string of the molecule is CCOC(=O)c1c(NC(=O)CCn2nc(C(F)(F)F)c(Cl)c2C)sc2c1CCCC2. The van der Waals surface area contributed by atoms with Crippen LogP contribution in [0.25, 0.3) is 0 Å². The number of rotatable bonds is 6. The van der Waals surface area contributed by atoms with Gasteiger partial charge in [0.25, 0.3) is 0 Å². The second-order valence-corrected chi connectivity index (χ2v) is 8.39. The number of carbonyl (C=O) groups excluding carboxylic acids is 2. The number of ether oxygens (including phenoxy) is 1. The zero-order valence-electron chi connectivity index (χ0n) is 16.5. The second-order valence-electron chi connectivity index (χ2n) is 6.90. The number of aromatic nitrogens is 2. The summed E-state index contributed by atoms with van der Waals surface area (Å²) in [5.41, 5.74) is 0.278. The Morgan fingerprint density at radius 3 is 2.63 bits per heavy atom. The van der Waals surface area contributed by atoms with Gasteiger partial charge in [0.15, 0.2) is 5.69 Å². The first-order valence-electron chi connectivity index (χ1n) is 9.55. The fourth-order valence-electron chi connectivity index (χ4n) is 3.39. The molecule has 0 spiro atoms. The fourth-order valence-corrected chi connectivity index (χ4v) is 4.93. The van der Waals surface area contributed by atoms with Gasteiger partial charge in [-0.15, -0.1) is 11.3 Å². The van der Waals surface area contributed by atoms with E-state index < -0.39 is 28.8 Å². The molecule has 0 fully saturated rings. The van der Waals surface area contributed by atoms with Crippen molar-refractivity contribution in [2.45, 2.75) is 58.7 Å². The quantitative estimate of drug-likeness (QED) is 0.611. The lowest BCUT2D eigenvalue weighted by Crippen LogP contribution is -2.18. The molecular formula is C19H21ClF3N3O3S. The molecule has 2 heterocycles. The lowest BCUT2D eigenvalue weighted by molar-refractivity contribution is -0.141. The van der Waals surface area contributed by atoms with Crippen molar-refractivity contribution in [2.75, 3.05) is 11.9 Å². The third-order valence-electron chi connectivity index (χ3n) is 4.86. The predicted molar refractivity (Wildman–Crippen MR) is 107 cm³/mol. The highest BCUT2D eigenvalue weighted by Gasteiger charge is 2.38. The average Bonchev–Trinajstić information content (AvgIpc) is 3.17. The van der Waals surface area contributed by atoms with E-state index in [0.717, 1.165) is 40.8 Å². The molecule has 164 valence electrons. The Bertz CT molecular complexity index is 969. The maximum atomic E-state index is 12.9. The van der Waals surface area contributed by atoms with Gasteiger partial charge >= 0.3 is 12.1 Å². The first-order chi connectivity index (χ1) is 14.1. The Kier molecular flexibility index (Phi) is 6.76. The Balaban J connectivity index is 1.74. The molecule has 1 amide bonds. The molecule has 0 aliphatic heterocycles. The highest BCUT2D eigenvalue weighted by atomic mass is 35.5. The number of thiophene rings is 1. The van der Waals surface area contributed by atoms with E-state index in [9.17, 15) is 22.8 Å². The smallest absolute Gasteiger partial charge is 0.436 e. The number of halogens is 4. The molecular weight excluding hydrogens is 443 g/mol. The standard InChI is InChI=1S/C19H21ClF3N3O3S/c1-3-29-18(28)14-11-6-4-5-7-12(11)30-17(14)24-13(27)8-9-26-10(2)15(20)16(25-26)19(21,22)23/h3-9H2,1-2H3,(H,24,27). The number of nitrogens with zero attached hydrogens (tertiary/aromatic N) is 2. The number of anilines is 1. The number of esters is 1. The van der Waals surface area contributed by atoms with E-state index in [0.29, 0.717) is 10.6 Å². The normalized spacial score (nSPS) is 13.8. The van der Waals surface area contributed by atoms with Gasteiger partial charge in [0.2, 0.25) is 5.91 Å². The van der Waals surface area contributed by atoms with Crippen molar-refractivity contribution in [3.63, 3.8) is 0 Å². The van der Waals surface area contributed by atoms with Gasteiger partial charge in [0.1, 0.15) is 5.00 Å². The van der Waals surface area contributed by atoms with Crippen LogP contribution in [0, 0.1) is 6.92 Å². The molecule has 2 aromatic heterocycles. The first kappa shape index (κ1) is 22.6. The number of amides is 1. The van der Waals surface area contributed by atoms with Crippen LogP contribution < -0.4 is 5.32 Å². The number of hydrogen-bond acceptors (Lipinski definition) is 5. The molecule has 0 saturated heterocycles. The molecule has 0 bridgehead atoms. The van der Waals surface area contributed by atoms with Crippen molar-refractivity contribution in [1.82, 2.24) is 9.78 Å². The fraction of sp³-hybridized carbons (Fsp3) is 0.526. The minimum absolute atomic E-state index is 0.0761. The van der Waals surface area contributed by atoms with Crippen molar-refractivity contribution in [3.8, 4) is 0 Å². The number of fused-ring (bicyclic) bond motifs is 1. The van der Waals surface area contributed by atoms with Crippen molar-refractivity contribution in [2.24, 2.45) is 0 Å². The summed E-state index contributed by atoms with van der Waals surface area (Å²) in [4.78, 5) is 26.0. The average molecular weight is 464 g/mol. The first-order valence-corrected chi connectivity index (χ1v) is 10.7. The molecule has 2 aromatic rings. The molecule has 0 atom stereocenters. The molecule has 0 radical (unpaired) electrons. The van der Waals surface area contributed by atoms with Crippen LogP contribution in [0.3, 0.4) is 0 Å². The summed E-state index contributed by atoms with van der Waals surface area (Å²) in [6.07, 6.45) is -1.22. The minimum Gasteiger partial charge on any atom is -0.462 e. The second kappa shape index (κ2) is 8.97. The van der Waals surface area contributed by atoms with Gasteiger partial charge in [-0.1, -0.05) is 11.6 Å². The van der Waals surface area contributed by atoms with Gasteiger partial charge in [-0.2, -0.15) is 18.3 Å². The topological polar surface area (TPSA) is 73.2 Å². The molecule has 1 N–H and O–H groups in total. The lowest BCUT2D eigenvalue weighted by atomic mass is 9.95. The number of nitrogens with one attached hydrogen (secondary N) is 1. The summed E-state index contributed by atoms with van der Waals surface area (Å²) in [7, 11) is 0. The largest absolute Gasteiger partial charge is 0.462 e. The highest BCUT2D eigenvalue weighted by Crippen LogP contribution is 2.39. The van der Waals surface area contributed by atoms with Gasteiger partial charge in [-0.25, -0.2) is 4.79 Å². The van der Waals surface area contributed by atoms with Crippen LogP contribution in [0.15, 0.2) is 0 Å². The third-order valence-corrected chi connectivity index (χ3v) is 6.52. The van der Waals surface area contributed by atoms with Crippen LogP contribution in [0.4, 0.5) is 18.2 Å². The minimum atomic E-state index is -4.67. The number of alkyl halides is 3. The number of hydrogen-bond donors (Lipinski definition) is 1. The molecule has 1 aliphatic rings.